The summed E-state index contributed by atoms with van der Waals surface area (Å²) in [5.74, 6) is 0.132. The van der Waals surface area contributed by atoms with E-state index in [0.717, 1.165) is 19.1 Å². The van der Waals surface area contributed by atoms with Crippen LogP contribution in [0.15, 0.2) is 0 Å². The molecule has 2 rings (SSSR count). The number of carbonyl (C=O) groups is 1. The van der Waals surface area contributed by atoms with Gasteiger partial charge in [-0.3, -0.25) is 9.69 Å². The van der Waals surface area contributed by atoms with Crippen molar-refractivity contribution in [1.29, 1.82) is 0 Å². The van der Waals surface area contributed by atoms with Crippen LogP contribution in [0.5, 0.6) is 0 Å². The number of likely N-dealkylation sites (tertiary alicyclic amines) is 1. The molecule has 17 heavy (non-hydrogen) atoms. The lowest BCUT2D eigenvalue weighted by Gasteiger charge is -2.33. The number of nitrogens with zero attached hydrogens (tertiary/aromatic N) is 1. The van der Waals surface area contributed by atoms with Gasteiger partial charge < -0.3 is 10.6 Å². The first-order valence-electron chi connectivity index (χ1n) is 6.97. The standard InChI is InChI=1S/C13H25N3O/c1-14-13(17)10-16-8-6-12(7-9-16)15-11-4-2-3-5-11/h11-12,15H,2-10H2,1H3,(H,14,17). The van der Waals surface area contributed by atoms with Crippen LogP contribution in [0.4, 0.5) is 0 Å². The van der Waals surface area contributed by atoms with Crippen LogP contribution in [0.3, 0.4) is 0 Å². The van der Waals surface area contributed by atoms with Crippen molar-refractivity contribution < 1.29 is 4.79 Å². The molecule has 0 aromatic rings. The Balaban J connectivity index is 1.65. The van der Waals surface area contributed by atoms with Gasteiger partial charge in [0.25, 0.3) is 0 Å². The first-order valence-corrected chi connectivity index (χ1v) is 6.97. The van der Waals surface area contributed by atoms with Crippen LogP contribution in [0.1, 0.15) is 38.5 Å². The van der Waals surface area contributed by atoms with Gasteiger partial charge in [0, 0.05) is 32.2 Å². The van der Waals surface area contributed by atoms with Crippen molar-refractivity contribution >= 4 is 5.91 Å². The van der Waals surface area contributed by atoms with Gasteiger partial charge in [0.05, 0.1) is 6.54 Å². The highest BCUT2D eigenvalue weighted by atomic mass is 16.1. The summed E-state index contributed by atoms with van der Waals surface area (Å²) in [4.78, 5) is 13.5. The number of hydrogen-bond acceptors (Lipinski definition) is 3. The SMILES string of the molecule is CNC(=O)CN1CCC(NC2CCCC2)CC1. The maximum atomic E-state index is 11.3. The number of rotatable bonds is 4. The minimum Gasteiger partial charge on any atom is -0.358 e. The molecule has 0 aromatic carbocycles. The van der Waals surface area contributed by atoms with Crippen LogP contribution in [0.25, 0.3) is 0 Å². The predicted octanol–water partition coefficient (Wildman–Crippen LogP) is 0.729. The van der Waals surface area contributed by atoms with Gasteiger partial charge in [-0.05, 0) is 25.7 Å². The third-order valence-electron chi connectivity index (χ3n) is 4.06. The molecule has 0 aromatic heterocycles. The summed E-state index contributed by atoms with van der Waals surface area (Å²) in [7, 11) is 1.71. The largest absolute Gasteiger partial charge is 0.358 e. The van der Waals surface area contributed by atoms with E-state index in [1.165, 1.54) is 38.5 Å². The van der Waals surface area contributed by atoms with Gasteiger partial charge in [0.15, 0.2) is 0 Å². The molecule has 4 heteroatoms. The average Bonchev–Trinajstić information content (AvgIpc) is 2.84. The second-order valence-corrected chi connectivity index (χ2v) is 5.37. The lowest BCUT2D eigenvalue weighted by molar-refractivity contribution is -0.122. The molecular formula is C13H25N3O. The predicted molar refractivity (Wildman–Crippen MR) is 68.9 cm³/mol. The maximum Gasteiger partial charge on any atom is 0.233 e. The third kappa shape index (κ3) is 3.96. The molecule has 2 fully saturated rings. The van der Waals surface area contributed by atoms with Gasteiger partial charge >= 0.3 is 0 Å². The van der Waals surface area contributed by atoms with E-state index in [1.807, 2.05) is 0 Å². The molecule has 1 aliphatic carbocycles. The summed E-state index contributed by atoms with van der Waals surface area (Å²) in [5.41, 5.74) is 0. The highest BCUT2D eigenvalue weighted by Crippen LogP contribution is 2.20. The number of hydrogen-bond donors (Lipinski definition) is 2. The van der Waals surface area contributed by atoms with Gasteiger partial charge in [-0.15, -0.1) is 0 Å². The second kappa shape index (κ2) is 6.36. The Labute approximate surface area is 104 Å². The summed E-state index contributed by atoms with van der Waals surface area (Å²) in [6.45, 7) is 2.67. The number of nitrogens with one attached hydrogen (secondary N) is 2. The zero-order valence-corrected chi connectivity index (χ0v) is 10.9. The van der Waals surface area contributed by atoms with Crippen molar-refractivity contribution in [3.05, 3.63) is 0 Å². The van der Waals surface area contributed by atoms with Crippen LogP contribution >= 0.6 is 0 Å². The maximum absolute atomic E-state index is 11.3. The van der Waals surface area contributed by atoms with Gasteiger partial charge in [-0.25, -0.2) is 0 Å². The van der Waals surface area contributed by atoms with Crippen LogP contribution in [0.2, 0.25) is 0 Å². The van der Waals surface area contributed by atoms with E-state index in [1.54, 1.807) is 7.05 Å². The molecule has 0 atom stereocenters. The summed E-state index contributed by atoms with van der Waals surface area (Å²) in [5, 5.41) is 6.46. The van der Waals surface area contributed by atoms with Crippen LogP contribution in [-0.4, -0.2) is 49.6 Å². The minimum absolute atomic E-state index is 0.132. The van der Waals surface area contributed by atoms with E-state index in [2.05, 4.69) is 15.5 Å². The monoisotopic (exact) mass is 239 g/mol. The van der Waals surface area contributed by atoms with Crippen LogP contribution < -0.4 is 10.6 Å². The van der Waals surface area contributed by atoms with Crippen molar-refractivity contribution in [2.75, 3.05) is 26.7 Å². The number of piperidine rings is 1. The Kier molecular flexibility index (Phi) is 4.80. The average molecular weight is 239 g/mol. The van der Waals surface area contributed by atoms with Crippen molar-refractivity contribution in [1.82, 2.24) is 15.5 Å². The van der Waals surface area contributed by atoms with E-state index in [0.29, 0.717) is 12.6 Å². The van der Waals surface area contributed by atoms with Crippen LogP contribution in [0, 0.1) is 0 Å². The fourth-order valence-corrected chi connectivity index (χ4v) is 2.97. The Morgan fingerprint density at radius 1 is 1.12 bits per heavy atom. The topological polar surface area (TPSA) is 44.4 Å². The van der Waals surface area contributed by atoms with Gasteiger partial charge in [0.2, 0.25) is 5.91 Å². The van der Waals surface area contributed by atoms with E-state index in [4.69, 9.17) is 0 Å². The number of amides is 1. The lowest BCUT2D eigenvalue weighted by Crippen LogP contribution is -2.47. The molecule has 2 N–H and O–H groups in total. The third-order valence-corrected chi connectivity index (χ3v) is 4.06. The highest BCUT2D eigenvalue weighted by molar-refractivity contribution is 5.77. The van der Waals surface area contributed by atoms with Crippen molar-refractivity contribution in [2.45, 2.75) is 50.6 Å². The smallest absolute Gasteiger partial charge is 0.233 e. The van der Waals surface area contributed by atoms with Crippen molar-refractivity contribution in [3.8, 4) is 0 Å². The number of likely N-dealkylation sites (N-methyl/N-ethyl adjacent to an activating group) is 1. The molecule has 1 saturated heterocycles. The molecule has 2 aliphatic rings. The summed E-state index contributed by atoms with van der Waals surface area (Å²) < 4.78 is 0. The molecule has 98 valence electrons. The highest BCUT2D eigenvalue weighted by Gasteiger charge is 2.23. The lowest BCUT2D eigenvalue weighted by atomic mass is 10.0. The quantitative estimate of drug-likeness (QED) is 0.760. The zero-order valence-electron chi connectivity index (χ0n) is 10.9. The first-order chi connectivity index (χ1) is 8.28. The summed E-state index contributed by atoms with van der Waals surface area (Å²) in [6, 6.07) is 1.45. The van der Waals surface area contributed by atoms with Crippen molar-refractivity contribution in [3.63, 3.8) is 0 Å². The molecular weight excluding hydrogens is 214 g/mol. The summed E-state index contributed by atoms with van der Waals surface area (Å²) in [6.07, 6.45) is 7.89. The molecule has 1 saturated carbocycles. The van der Waals surface area contributed by atoms with Crippen molar-refractivity contribution in [2.24, 2.45) is 0 Å². The number of carbonyl (C=O) groups excluding carboxylic acids is 1. The molecule has 0 radical (unpaired) electrons. The van der Waals surface area contributed by atoms with E-state index in [9.17, 15) is 4.79 Å². The Hall–Kier alpha value is -0.610. The molecule has 0 spiro atoms. The molecule has 1 aliphatic heterocycles. The zero-order chi connectivity index (χ0) is 12.1. The molecule has 0 bridgehead atoms. The van der Waals surface area contributed by atoms with Gasteiger partial charge in [-0.1, -0.05) is 12.8 Å². The second-order valence-electron chi connectivity index (χ2n) is 5.37. The van der Waals surface area contributed by atoms with Gasteiger partial charge in [0.1, 0.15) is 0 Å². The molecule has 1 amide bonds. The molecule has 1 heterocycles. The fourth-order valence-electron chi connectivity index (χ4n) is 2.97. The molecule has 0 unspecified atom stereocenters. The van der Waals surface area contributed by atoms with E-state index >= 15 is 0 Å². The Morgan fingerprint density at radius 2 is 1.71 bits per heavy atom. The Morgan fingerprint density at radius 3 is 2.29 bits per heavy atom. The van der Waals surface area contributed by atoms with E-state index < -0.39 is 0 Å². The van der Waals surface area contributed by atoms with Gasteiger partial charge in [-0.2, -0.15) is 0 Å². The van der Waals surface area contributed by atoms with E-state index in [-0.39, 0.29) is 5.91 Å². The fraction of sp³-hybridized carbons (Fsp3) is 0.923. The normalized spacial score (nSPS) is 24.1. The molecule has 4 nitrogen and oxygen atoms in total. The minimum atomic E-state index is 0.132. The Bertz CT molecular complexity index is 243. The summed E-state index contributed by atoms with van der Waals surface area (Å²) >= 11 is 0. The van der Waals surface area contributed by atoms with Crippen LogP contribution in [-0.2, 0) is 4.79 Å². The first kappa shape index (κ1) is 12.8.